The van der Waals surface area contributed by atoms with Crippen molar-refractivity contribution in [2.75, 3.05) is 20.7 Å². The molecule has 0 saturated heterocycles. The number of hydrogen-bond acceptors (Lipinski definition) is 4. The zero-order valence-electron chi connectivity index (χ0n) is 16.8. The summed E-state index contributed by atoms with van der Waals surface area (Å²) in [5.74, 6) is -1.25. The molecule has 0 bridgehead atoms. The summed E-state index contributed by atoms with van der Waals surface area (Å²) >= 11 is 0. The van der Waals surface area contributed by atoms with Crippen LogP contribution >= 0.6 is 0 Å². The molecule has 2 rings (SSSR count). The molecule has 28 heavy (non-hydrogen) atoms. The Morgan fingerprint density at radius 3 is 2.54 bits per heavy atom. The van der Waals surface area contributed by atoms with E-state index in [1.165, 1.54) is 4.90 Å². The van der Waals surface area contributed by atoms with Gasteiger partial charge in [0, 0.05) is 25.6 Å². The van der Waals surface area contributed by atoms with Gasteiger partial charge in [0.05, 0.1) is 12.0 Å². The molecule has 154 valence electrons. The fourth-order valence-corrected chi connectivity index (χ4v) is 3.51. The van der Waals surface area contributed by atoms with Crippen LogP contribution in [0.2, 0.25) is 0 Å². The summed E-state index contributed by atoms with van der Waals surface area (Å²) in [7, 11) is 3.34. The zero-order chi connectivity index (χ0) is 20.7. The predicted octanol–water partition coefficient (Wildman–Crippen LogP) is 2.61. The fourth-order valence-electron chi connectivity index (χ4n) is 3.51. The predicted molar refractivity (Wildman–Crippen MR) is 105 cm³/mol. The van der Waals surface area contributed by atoms with Crippen LogP contribution in [0.4, 0.5) is 0 Å². The first-order valence-corrected chi connectivity index (χ1v) is 9.78. The number of nitrogens with one attached hydrogen (secondary N) is 1. The average Bonchev–Trinajstić information content (AvgIpc) is 2.70. The molecule has 1 aromatic rings. The number of aliphatic carboxylic acids is 1. The summed E-state index contributed by atoms with van der Waals surface area (Å²) in [5.41, 5.74) is 0.815. The Kier molecular flexibility index (Phi) is 7.84. The molecule has 7 heteroatoms. The topological polar surface area (TPSA) is 95.9 Å². The summed E-state index contributed by atoms with van der Waals surface area (Å²) < 4.78 is 5.70. The number of carbonyl (C=O) groups excluding carboxylic acids is 2. The Bertz CT molecular complexity index is 704. The van der Waals surface area contributed by atoms with Crippen LogP contribution in [0, 0.1) is 11.8 Å². The first-order chi connectivity index (χ1) is 13.3. The monoisotopic (exact) mass is 390 g/mol. The van der Waals surface area contributed by atoms with Gasteiger partial charge in [-0.2, -0.15) is 0 Å². The second-order valence-electron chi connectivity index (χ2n) is 7.48. The van der Waals surface area contributed by atoms with Gasteiger partial charge >= 0.3 is 5.97 Å². The van der Waals surface area contributed by atoms with Crippen molar-refractivity contribution in [1.82, 2.24) is 10.2 Å². The number of carboxylic acids is 1. The number of nitrogens with zero attached hydrogens (tertiary/aromatic N) is 1. The number of carboxylic acid groups (broad SMARTS) is 1. The first kappa shape index (κ1) is 21.7. The quantitative estimate of drug-likeness (QED) is 0.711. The maximum atomic E-state index is 12.8. The average molecular weight is 390 g/mol. The van der Waals surface area contributed by atoms with Gasteiger partial charge in [-0.15, -0.1) is 0 Å². The van der Waals surface area contributed by atoms with Crippen LogP contribution in [0.5, 0.6) is 5.75 Å². The second-order valence-corrected chi connectivity index (χ2v) is 7.48. The molecule has 2 N–H and O–H groups in total. The molecule has 0 radical (unpaired) electrons. The highest BCUT2D eigenvalue weighted by Crippen LogP contribution is 2.32. The Morgan fingerprint density at radius 2 is 1.89 bits per heavy atom. The van der Waals surface area contributed by atoms with E-state index in [2.05, 4.69) is 5.32 Å². The van der Waals surface area contributed by atoms with E-state index in [0.717, 1.165) is 12.0 Å². The summed E-state index contributed by atoms with van der Waals surface area (Å²) in [6.45, 7) is 1.89. The second kappa shape index (κ2) is 10.1. The van der Waals surface area contributed by atoms with Crippen LogP contribution in [-0.2, 0) is 14.4 Å². The zero-order valence-corrected chi connectivity index (χ0v) is 16.8. The maximum Gasteiger partial charge on any atom is 0.306 e. The van der Waals surface area contributed by atoms with Gasteiger partial charge in [0.25, 0.3) is 5.91 Å². The van der Waals surface area contributed by atoms with Crippen molar-refractivity contribution in [1.29, 1.82) is 0 Å². The normalized spacial score (nSPS) is 20.1. The van der Waals surface area contributed by atoms with E-state index in [1.807, 2.05) is 25.1 Å². The molecular formula is C21H30N2O5. The number of carbonyl (C=O) groups is 3. The lowest BCUT2D eigenvalue weighted by molar-refractivity contribution is -0.144. The Balaban J connectivity index is 2.07. The summed E-state index contributed by atoms with van der Waals surface area (Å²) in [6.07, 6.45) is 3.13. The maximum absolute atomic E-state index is 12.8. The van der Waals surface area contributed by atoms with E-state index >= 15 is 0 Å². The number of rotatable bonds is 8. The van der Waals surface area contributed by atoms with E-state index in [4.69, 9.17) is 4.74 Å². The van der Waals surface area contributed by atoms with Gasteiger partial charge in [0.2, 0.25) is 5.91 Å². The van der Waals surface area contributed by atoms with Gasteiger partial charge in [-0.1, -0.05) is 31.5 Å². The highest BCUT2D eigenvalue weighted by Gasteiger charge is 2.32. The van der Waals surface area contributed by atoms with Crippen LogP contribution in [0.25, 0.3) is 0 Å². The largest absolute Gasteiger partial charge is 0.483 e. The molecule has 3 unspecified atom stereocenters. The van der Waals surface area contributed by atoms with Crippen LogP contribution in [0.3, 0.4) is 0 Å². The molecule has 3 atom stereocenters. The minimum atomic E-state index is -0.825. The van der Waals surface area contributed by atoms with Gasteiger partial charge in [0.15, 0.2) is 6.61 Å². The number of amides is 2. The lowest BCUT2D eigenvalue weighted by atomic mass is 9.81. The van der Waals surface area contributed by atoms with E-state index in [0.29, 0.717) is 31.4 Å². The van der Waals surface area contributed by atoms with Crippen LogP contribution < -0.4 is 10.1 Å². The molecule has 1 fully saturated rings. The highest BCUT2D eigenvalue weighted by molar-refractivity contribution is 5.80. The third-order valence-electron chi connectivity index (χ3n) is 5.26. The summed E-state index contributed by atoms with van der Waals surface area (Å²) in [6, 6.07) is 7.10. The highest BCUT2D eigenvalue weighted by atomic mass is 16.5. The number of para-hydroxylation sites is 1. The van der Waals surface area contributed by atoms with E-state index in [1.54, 1.807) is 20.2 Å². The Hall–Kier alpha value is -2.57. The summed E-state index contributed by atoms with van der Waals surface area (Å²) in [4.78, 5) is 37.3. The van der Waals surface area contributed by atoms with Crippen molar-refractivity contribution in [3.05, 3.63) is 29.8 Å². The van der Waals surface area contributed by atoms with E-state index in [9.17, 15) is 19.5 Å². The SMILES string of the molecule is CCC(NC(=O)C1CCCC(C(=O)O)C1)c1ccccc1OCC(=O)N(C)C. The molecule has 0 spiro atoms. The molecule has 1 aromatic carbocycles. The first-order valence-electron chi connectivity index (χ1n) is 9.78. The van der Waals surface area contributed by atoms with E-state index in [-0.39, 0.29) is 30.4 Å². The Labute approximate surface area is 166 Å². The van der Waals surface area contributed by atoms with Crippen molar-refractivity contribution in [2.45, 2.75) is 45.1 Å². The standard InChI is InChI=1S/C21H30N2O5/c1-4-17(22-20(25)14-8-7-9-15(12-14)21(26)27)16-10-5-6-11-18(16)28-13-19(24)23(2)3/h5-6,10-11,14-15,17H,4,7-9,12-13H2,1-3H3,(H,22,25)(H,26,27). The van der Waals surface area contributed by atoms with Crippen molar-refractivity contribution < 1.29 is 24.2 Å². The molecule has 0 heterocycles. The number of hydrogen-bond donors (Lipinski definition) is 2. The lowest BCUT2D eigenvalue weighted by Gasteiger charge is -2.28. The summed E-state index contributed by atoms with van der Waals surface area (Å²) in [5, 5.41) is 12.3. The van der Waals surface area contributed by atoms with Crippen molar-refractivity contribution >= 4 is 17.8 Å². The molecular weight excluding hydrogens is 360 g/mol. The molecule has 1 saturated carbocycles. The number of likely N-dealkylation sites (N-methyl/N-ethyl adjacent to an activating group) is 1. The van der Waals surface area contributed by atoms with Crippen LogP contribution in [0.15, 0.2) is 24.3 Å². The minimum absolute atomic E-state index is 0.0721. The van der Waals surface area contributed by atoms with Crippen molar-refractivity contribution in [2.24, 2.45) is 11.8 Å². The lowest BCUT2D eigenvalue weighted by Crippen LogP contribution is -2.37. The third kappa shape index (κ3) is 5.71. The minimum Gasteiger partial charge on any atom is -0.483 e. The Morgan fingerprint density at radius 1 is 1.21 bits per heavy atom. The van der Waals surface area contributed by atoms with Gasteiger partial charge in [0.1, 0.15) is 5.75 Å². The van der Waals surface area contributed by atoms with Gasteiger partial charge < -0.3 is 20.1 Å². The molecule has 0 aliphatic heterocycles. The molecule has 7 nitrogen and oxygen atoms in total. The van der Waals surface area contributed by atoms with Crippen LogP contribution in [0.1, 0.15) is 50.6 Å². The third-order valence-corrected chi connectivity index (χ3v) is 5.26. The van der Waals surface area contributed by atoms with Crippen LogP contribution in [-0.4, -0.2) is 48.5 Å². The smallest absolute Gasteiger partial charge is 0.306 e. The molecule has 0 aromatic heterocycles. The molecule has 1 aliphatic rings. The van der Waals surface area contributed by atoms with Gasteiger partial charge in [-0.25, -0.2) is 0 Å². The molecule has 2 amide bonds. The van der Waals surface area contributed by atoms with Gasteiger partial charge in [-0.3, -0.25) is 14.4 Å². The van der Waals surface area contributed by atoms with Crippen molar-refractivity contribution in [3.8, 4) is 5.75 Å². The fraction of sp³-hybridized carbons (Fsp3) is 0.571. The van der Waals surface area contributed by atoms with Gasteiger partial charge in [-0.05, 0) is 31.7 Å². The number of benzene rings is 1. The number of ether oxygens (including phenoxy) is 1. The van der Waals surface area contributed by atoms with E-state index < -0.39 is 11.9 Å². The van der Waals surface area contributed by atoms with Crippen molar-refractivity contribution in [3.63, 3.8) is 0 Å². The molecule has 1 aliphatic carbocycles.